The molecule has 0 radical (unpaired) electrons. The molecule has 0 spiro atoms. The highest BCUT2D eigenvalue weighted by atomic mass is 16.5. The van der Waals surface area contributed by atoms with E-state index in [0.717, 1.165) is 17.9 Å². The maximum atomic E-state index is 5.08. The van der Waals surface area contributed by atoms with E-state index in [4.69, 9.17) is 4.74 Å². The third-order valence-electron chi connectivity index (χ3n) is 1.91. The van der Waals surface area contributed by atoms with Crippen molar-refractivity contribution in [1.82, 2.24) is 9.78 Å². The number of rotatable bonds is 2. The minimum atomic E-state index is 0.740. The molecule has 62 valence electrons. The Morgan fingerprint density at radius 1 is 1.55 bits per heavy atom. The number of hydrogen-bond acceptors (Lipinski definition) is 2. The van der Waals surface area contributed by atoms with Gasteiger partial charge in [0.2, 0.25) is 5.88 Å². The van der Waals surface area contributed by atoms with E-state index < -0.39 is 0 Å². The molecule has 0 aliphatic heterocycles. The molecule has 1 aromatic heterocycles. The van der Waals surface area contributed by atoms with Crippen LogP contribution < -0.4 is 4.74 Å². The molecule has 11 heavy (non-hydrogen) atoms. The average molecular weight is 154 g/mol. The highest BCUT2D eigenvalue weighted by molar-refractivity contribution is 5.29. The first kappa shape index (κ1) is 8.11. The Bertz CT molecular complexity index is 253. The zero-order valence-electron chi connectivity index (χ0n) is 7.51. The van der Waals surface area contributed by atoms with Crippen LogP contribution in [-0.4, -0.2) is 16.9 Å². The number of ether oxygens (including phenoxy) is 1. The van der Waals surface area contributed by atoms with Crippen LogP contribution in [0.5, 0.6) is 5.88 Å². The summed E-state index contributed by atoms with van der Waals surface area (Å²) in [6, 6.07) is 0. The molecular formula is C8H14N2O. The van der Waals surface area contributed by atoms with E-state index >= 15 is 0 Å². The van der Waals surface area contributed by atoms with Crippen LogP contribution in [0.3, 0.4) is 0 Å². The van der Waals surface area contributed by atoms with Crippen LogP contribution in [0.2, 0.25) is 0 Å². The first-order chi connectivity index (χ1) is 5.20. The second-order valence-electron chi connectivity index (χ2n) is 2.56. The summed E-state index contributed by atoms with van der Waals surface area (Å²) in [4.78, 5) is 0. The Hall–Kier alpha value is -0.990. The molecule has 0 aliphatic carbocycles. The molecule has 0 bridgehead atoms. The van der Waals surface area contributed by atoms with Gasteiger partial charge in [-0.25, -0.2) is 0 Å². The molecule has 0 aromatic carbocycles. The average Bonchev–Trinajstić information content (AvgIpc) is 2.26. The summed E-state index contributed by atoms with van der Waals surface area (Å²) in [7, 11) is 3.59. The topological polar surface area (TPSA) is 27.1 Å². The van der Waals surface area contributed by atoms with Crippen LogP contribution >= 0.6 is 0 Å². The summed E-state index contributed by atoms with van der Waals surface area (Å²) < 4.78 is 6.95. The van der Waals surface area contributed by atoms with E-state index in [9.17, 15) is 0 Å². The smallest absolute Gasteiger partial charge is 0.235 e. The van der Waals surface area contributed by atoms with E-state index in [1.165, 1.54) is 5.69 Å². The maximum absolute atomic E-state index is 5.08. The van der Waals surface area contributed by atoms with Gasteiger partial charge >= 0.3 is 0 Å². The molecule has 0 aliphatic rings. The maximum Gasteiger partial charge on any atom is 0.235 e. The van der Waals surface area contributed by atoms with E-state index in [-0.39, 0.29) is 0 Å². The van der Waals surface area contributed by atoms with Gasteiger partial charge in [-0.2, -0.15) is 0 Å². The van der Waals surface area contributed by atoms with Crippen molar-refractivity contribution < 1.29 is 4.74 Å². The van der Waals surface area contributed by atoms with Crippen LogP contribution in [0.25, 0.3) is 0 Å². The van der Waals surface area contributed by atoms with Crippen LogP contribution in [0.15, 0.2) is 0 Å². The van der Waals surface area contributed by atoms with Gasteiger partial charge in [0.25, 0.3) is 0 Å². The van der Waals surface area contributed by atoms with Crippen molar-refractivity contribution >= 4 is 0 Å². The van der Waals surface area contributed by atoms with Crippen molar-refractivity contribution in [3.8, 4) is 5.88 Å². The van der Waals surface area contributed by atoms with Gasteiger partial charge in [-0.15, -0.1) is 5.10 Å². The van der Waals surface area contributed by atoms with Crippen molar-refractivity contribution in [2.75, 3.05) is 7.11 Å². The van der Waals surface area contributed by atoms with Crippen LogP contribution in [-0.2, 0) is 13.5 Å². The number of methoxy groups -OCH3 is 1. The molecule has 0 amide bonds. The van der Waals surface area contributed by atoms with Gasteiger partial charge in [0.05, 0.1) is 7.11 Å². The second kappa shape index (κ2) is 2.95. The zero-order valence-corrected chi connectivity index (χ0v) is 7.51. The Kier molecular flexibility index (Phi) is 2.17. The summed E-state index contributed by atoms with van der Waals surface area (Å²) in [6.45, 7) is 4.15. The molecule has 1 heterocycles. The standard InChI is InChI=1S/C8H14N2O/c1-5-7-6(2)8(11-4)9-10(7)3/h5H2,1-4H3. The lowest BCUT2D eigenvalue weighted by atomic mass is 10.2. The Morgan fingerprint density at radius 2 is 2.18 bits per heavy atom. The SMILES string of the molecule is CCc1c(C)c(OC)nn1C. The zero-order chi connectivity index (χ0) is 8.43. The van der Waals surface area contributed by atoms with Crippen molar-refractivity contribution in [1.29, 1.82) is 0 Å². The molecule has 1 aromatic rings. The van der Waals surface area contributed by atoms with Crippen LogP contribution in [0, 0.1) is 6.92 Å². The van der Waals surface area contributed by atoms with Gasteiger partial charge in [-0.1, -0.05) is 6.92 Å². The van der Waals surface area contributed by atoms with Gasteiger partial charge in [-0.3, -0.25) is 4.68 Å². The minimum Gasteiger partial charge on any atom is -0.480 e. The van der Waals surface area contributed by atoms with Crippen molar-refractivity contribution in [3.05, 3.63) is 11.3 Å². The van der Waals surface area contributed by atoms with Gasteiger partial charge in [0.15, 0.2) is 0 Å². The monoisotopic (exact) mass is 154 g/mol. The largest absolute Gasteiger partial charge is 0.480 e. The van der Waals surface area contributed by atoms with Crippen molar-refractivity contribution in [2.24, 2.45) is 7.05 Å². The van der Waals surface area contributed by atoms with Gasteiger partial charge in [0, 0.05) is 18.3 Å². The number of hydrogen-bond donors (Lipinski definition) is 0. The Morgan fingerprint density at radius 3 is 2.45 bits per heavy atom. The highest BCUT2D eigenvalue weighted by Crippen LogP contribution is 2.18. The second-order valence-corrected chi connectivity index (χ2v) is 2.56. The van der Waals surface area contributed by atoms with E-state index in [1.54, 1.807) is 7.11 Å². The summed E-state index contributed by atoms with van der Waals surface area (Å²) in [6.07, 6.45) is 0.999. The Balaban J connectivity index is 3.14. The lowest BCUT2D eigenvalue weighted by molar-refractivity contribution is 0.389. The first-order valence-electron chi connectivity index (χ1n) is 3.77. The molecule has 3 heteroatoms. The molecule has 0 atom stereocenters. The minimum absolute atomic E-state index is 0.740. The van der Waals surface area contributed by atoms with E-state index in [0.29, 0.717) is 0 Å². The van der Waals surface area contributed by atoms with Gasteiger partial charge in [0.1, 0.15) is 0 Å². The lowest BCUT2D eigenvalue weighted by Crippen LogP contribution is -1.96. The molecule has 0 saturated carbocycles. The predicted octanol–water partition coefficient (Wildman–Crippen LogP) is 1.30. The molecule has 3 nitrogen and oxygen atoms in total. The van der Waals surface area contributed by atoms with E-state index in [1.807, 2.05) is 18.7 Å². The third kappa shape index (κ3) is 1.23. The first-order valence-corrected chi connectivity index (χ1v) is 3.77. The summed E-state index contributed by atoms with van der Waals surface area (Å²) in [5.41, 5.74) is 2.39. The summed E-state index contributed by atoms with van der Waals surface area (Å²) >= 11 is 0. The fourth-order valence-electron chi connectivity index (χ4n) is 1.33. The molecule has 0 saturated heterocycles. The van der Waals surface area contributed by atoms with Crippen molar-refractivity contribution in [3.63, 3.8) is 0 Å². The fourth-order valence-corrected chi connectivity index (χ4v) is 1.33. The third-order valence-corrected chi connectivity index (χ3v) is 1.91. The molecule has 0 fully saturated rings. The summed E-state index contributed by atoms with van der Waals surface area (Å²) in [5.74, 6) is 0.740. The molecule has 1 rings (SSSR count). The lowest BCUT2D eigenvalue weighted by Gasteiger charge is -1.96. The van der Waals surface area contributed by atoms with Gasteiger partial charge in [-0.05, 0) is 13.3 Å². The predicted molar refractivity (Wildman–Crippen MR) is 43.9 cm³/mol. The molecular weight excluding hydrogens is 140 g/mol. The highest BCUT2D eigenvalue weighted by Gasteiger charge is 2.09. The number of nitrogens with zero attached hydrogens (tertiary/aromatic N) is 2. The van der Waals surface area contributed by atoms with Crippen molar-refractivity contribution in [2.45, 2.75) is 20.3 Å². The van der Waals surface area contributed by atoms with Crippen LogP contribution in [0.1, 0.15) is 18.2 Å². The van der Waals surface area contributed by atoms with Gasteiger partial charge < -0.3 is 4.74 Å². The quantitative estimate of drug-likeness (QED) is 0.642. The number of aryl methyl sites for hydroxylation is 1. The Labute approximate surface area is 67.0 Å². The number of aromatic nitrogens is 2. The molecule has 0 unspecified atom stereocenters. The normalized spacial score (nSPS) is 10.2. The summed E-state index contributed by atoms with van der Waals surface area (Å²) in [5, 5.41) is 4.19. The molecule has 0 N–H and O–H groups in total. The van der Waals surface area contributed by atoms with Crippen LogP contribution in [0.4, 0.5) is 0 Å². The van der Waals surface area contributed by atoms with E-state index in [2.05, 4.69) is 12.0 Å². The fraction of sp³-hybridized carbons (Fsp3) is 0.625.